The molecule has 2 fully saturated rings. The number of aryl methyl sites for hydroxylation is 6. The van der Waals surface area contributed by atoms with Gasteiger partial charge in [0.05, 0.1) is 11.1 Å². The van der Waals surface area contributed by atoms with Crippen molar-refractivity contribution in [3.63, 3.8) is 0 Å². The first-order valence-electron chi connectivity index (χ1n) is 13.0. The number of hydrogen-bond donors (Lipinski definition) is 2. The van der Waals surface area contributed by atoms with Gasteiger partial charge in [-0.05, 0) is 91.5 Å². The Kier molecular flexibility index (Phi) is 8.44. The number of aliphatic hydroxyl groups excluding tert-OH is 2. The Morgan fingerprint density at radius 1 is 0.658 bits per heavy atom. The minimum Gasteiger partial charge on any atom is -0.366 e. The molecule has 0 radical (unpaired) electrons. The largest absolute Gasteiger partial charge is 0.366 e. The molecule has 0 aliphatic carbocycles. The second kappa shape index (κ2) is 10.8. The zero-order valence-corrected chi connectivity index (χ0v) is 24.3. The lowest BCUT2D eigenvalue weighted by Gasteiger charge is -2.29. The van der Waals surface area contributed by atoms with Crippen LogP contribution in [0.5, 0.6) is 0 Å². The van der Waals surface area contributed by atoms with Gasteiger partial charge in [-0.25, -0.2) is 19.8 Å². The van der Waals surface area contributed by atoms with Crippen molar-refractivity contribution in [2.75, 3.05) is 0 Å². The van der Waals surface area contributed by atoms with Crippen molar-refractivity contribution >= 4 is 11.8 Å². The maximum absolute atomic E-state index is 12.7. The zero-order valence-electron chi connectivity index (χ0n) is 24.3. The molecule has 208 valence electrons. The van der Waals surface area contributed by atoms with Crippen molar-refractivity contribution in [1.29, 1.82) is 0 Å². The van der Waals surface area contributed by atoms with Crippen LogP contribution in [0.25, 0.3) is 0 Å². The molecule has 2 aliphatic heterocycles. The standard InChI is InChI=1S/2C15H21NO3/c2*1-9-6-10(2)13(11(3)7-9)14(18)16-15(4,5)8-12(17)19-16/h2*6-7,12,17H,8H2,1-5H3/t2*12-/m11/s1. The van der Waals surface area contributed by atoms with Gasteiger partial charge in [0.2, 0.25) is 0 Å². The number of hydrogen-bond acceptors (Lipinski definition) is 6. The van der Waals surface area contributed by atoms with E-state index in [-0.39, 0.29) is 11.8 Å². The summed E-state index contributed by atoms with van der Waals surface area (Å²) in [6.45, 7) is 19.3. The topological polar surface area (TPSA) is 99.5 Å². The van der Waals surface area contributed by atoms with Gasteiger partial charge in [0, 0.05) is 24.0 Å². The van der Waals surface area contributed by atoms with E-state index in [0.29, 0.717) is 24.0 Å². The normalized spacial score (nSPS) is 21.8. The van der Waals surface area contributed by atoms with E-state index in [1.165, 1.54) is 10.1 Å². The van der Waals surface area contributed by atoms with Crippen LogP contribution in [-0.4, -0.2) is 55.8 Å². The molecule has 0 unspecified atom stereocenters. The van der Waals surface area contributed by atoms with E-state index in [9.17, 15) is 19.8 Å². The summed E-state index contributed by atoms with van der Waals surface area (Å²) >= 11 is 0. The van der Waals surface area contributed by atoms with Crippen LogP contribution in [0.1, 0.15) is 94.6 Å². The summed E-state index contributed by atoms with van der Waals surface area (Å²) in [5.41, 5.74) is 6.32. The first-order chi connectivity index (χ1) is 17.4. The highest BCUT2D eigenvalue weighted by Gasteiger charge is 2.44. The third-order valence-electron chi connectivity index (χ3n) is 7.05. The molecule has 0 bridgehead atoms. The zero-order chi connectivity index (χ0) is 28.7. The van der Waals surface area contributed by atoms with Crippen molar-refractivity contribution in [3.05, 3.63) is 68.8 Å². The molecule has 2 aliphatic rings. The number of benzene rings is 2. The van der Waals surface area contributed by atoms with Gasteiger partial charge in [0.15, 0.2) is 12.6 Å². The number of amides is 2. The van der Waals surface area contributed by atoms with Crippen molar-refractivity contribution in [3.8, 4) is 0 Å². The van der Waals surface area contributed by atoms with E-state index in [2.05, 4.69) is 0 Å². The average Bonchev–Trinajstić information content (AvgIpc) is 3.18. The second-order valence-electron chi connectivity index (χ2n) is 11.9. The van der Waals surface area contributed by atoms with Crippen molar-refractivity contribution < 1.29 is 29.5 Å². The van der Waals surface area contributed by atoms with Crippen molar-refractivity contribution in [1.82, 2.24) is 10.1 Å². The molecule has 2 N–H and O–H groups in total. The highest BCUT2D eigenvalue weighted by Crippen LogP contribution is 2.34. The van der Waals surface area contributed by atoms with Gasteiger partial charge < -0.3 is 10.2 Å². The predicted octanol–water partition coefficient (Wildman–Crippen LogP) is 4.97. The maximum atomic E-state index is 12.7. The monoisotopic (exact) mass is 526 g/mol. The number of aliphatic hydroxyl groups is 2. The van der Waals surface area contributed by atoms with Crippen LogP contribution >= 0.6 is 0 Å². The molecule has 2 aromatic carbocycles. The predicted molar refractivity (Wildman–Crippen MR) is 145 cm³/mol. The van der Waals surface area contributed by atoms with Crippen LogP contribution in [0, 0.1) is 41.5 Å². The third-order valence-corrected chi connectivity index (χ3v) is 7.05. The molecular weight excluding hydrogens is 484 g/mol. The Hall–Kier alpha value is -2.78. The third kappa shape index (κ3) is 6.10. The number of carbonyl (C=O) groups is 2. The summed E-state index contributed by atoms with van der Waals surface area (Å²) in [6.07, 6.45) is -0.985. The fourth-order valence-electron chi connectivity index (χ4n) is 5.51. The summed E-state index contributed by atoms with van der Waals surface area (Å²) in [5, 5.41) is 21.8. The molecule has 2 saturated heterocycles. The molecule has 4 rings (SSSR count). The Balaban J connectivity index is 0.000000211. The lowest BCUT2D eigenvalue weighted by atomic mass is 9.96. The number of rotatable bonds is 2. The van der Waals surface area contributed by atoms with Gasteiger partial charge in [0.1, 0.15) is 0 Å². The van der Waals surface area contributed by atoms with E-state index in [1.807, 2.05) is 93.5 Å². The fourth-order valence-corrected chi connectivity index (χ4v) is 5.51. The van der Waals surface area contributed by atoms with Crippen LogP contribution in [-0.2, 0) is 9.68 Å². The van der Waals surface area contributed by atoms with E-state index in [1.54, 1.807) is 0 Å². The molecule has 2 amide bonds. The van der Waals surface area contributed by atoms with Gasteiger partial charge in [-0.1, -0.05) is 35.4 Å². The first kappa shape index (κ1) is 29.8. The van der Waals surface area contributed by atoms with Gasteiger partial charge in [-0.15, -0.1) is 0 Å². The molecule has 2 atom stereocenters. The molecule has 0 saturated carbocycles. The molecule has 0 aromatic heterocycles. The van der Waals surface area contributed by atoms with E-state index in [0.717, 1.165) is 33.4 Å². The quantitative estimate of drug-likeness (QED) is 0.573. The van der Waals surface area contributed by atoms with Gasteiger partial charge in [-0.2, -0.15) is 0 Å². The van der Waals surface area contributed by atoms with Crippen LogP contribution in [0.4, 0.5) is 0 Å². The van der Waals surface area contributed by atoms with Crippen LogP contribution in [0.2, 0.25) is 0 Å². The number of carbonyl (C=O) groups excluding carboxylic acids is 2. The SMILES string of the molecule is Cc1cc(C)c(C(=O)N2O[C@@H](O)CC2(C)C)c(C)c1.Cc1cc(C)c(C(=O)N2O[C@@H](O)CC2(C)C)c(C)c1. The van der Waals surface area contributed by atoms with Gasteiger partial charge >= 0.3 is 0 Å². The lowest BCUT2D eigenvalue weighted by Crippen LogP contribution is -2.42. The van der Waals surface area contributed by atoms with Gasteiger partial charge in [0.25, 0.3) is 11.8 Å². The summed E-state index contributed by atoms with van der Waals surface area (Å²) in [5.74, 6) is -0.367. The Morgan fingerprint density at radius 2 is 0.921 bits per heavy atom. The summed E-state index contributed by atoms with van der Waals surface area (Å²) in [7, 11) is 0. The van der Waals surface area contributed by atoms with Crippen LogP contribution in [0.15, 0.2) is 24.3 Å². The van der Waals surface area contributed by atoms with E-state index < -0.39 is 23.7 Å². The van der Waals surface area contributed by atoms with E-state index >= 15 is 0 Å². The highest BCUT2D eigenvalue weighted by molar-refractivity contribution is 5.97. The van der Waals surface area contributed by atoms with Crippen LogP contribution < -0.4 is 0 Å². The minimum absolute atomic E-state index is 0.184. The Labute approximate surface area is 226 Å². The summed E-state index contributed by atoms with van der Waals surface area (Å²) in [6, 6.07) is 7.94. The molecular formula is C30H42N2O6. The van der Waals surface area contributed by atoms with Gasteiger partial charge in [-0.3, -0.25) is 9.59 Å². The smallest absolute Gasteiger partial charge is 0.278 e. The fraction of sp³-hybridized carbons (Fsp3) is 0.533. The molecule has 0 spiro atoms. The summed E-state index contributed by atoms with van der Waals surface area (Å²) < 4.78 is 0. The maximum Gasteiger partial charge on any atom is 0.278 e. The number of hydroxylamine groups is 4. The first-order valence-corrected chi connectivity index (χ1v) is 13.0. The van der Waals surface area contributed by atoms with Crippen molar-refractivity contribution in [2.45, 2.75) is 106 Å². The molecule has 2 aromatic rings. The minimum atomic E-state index is -0.912. The molecule has 2 heterocycles. The van der Waals surface area contributed by atoms with Crippen LogP contribution in [0.3, 0.4) is 0 Å². The molecule has 38 heavy (non-hydrogen) atoms. The Morgan fingerprint density at radius 3 is 1.13 bits per heavy atom. The number of nitrogens with zero attached hydrogens (tertiary/aromatic N) is 2. The Bertz CT molecular complexity index is 1090. The summed E-state index contributed by atoms with van der Waals surface area (Å²) in [4.78, 5) is 35.8. The average molecular weight is 527 g/mol. The molecule has 8 heteroatoms. The lowest BCUT2D eigenvalue weighted by molar-refractivity contribution is -0.201. The second-order valence-corrected chi connectivity index (χ2v) is 11.9. The molecule has 8 nitrogen and oxygen atoms in total. The van der Waals surface area contributed by atoms with Crippen molar-refractivity contribution in [2.24, 2.45) is 0 Å². The highest BCUT2D eigenvalue weighted by atomic mass is 16.8. The van der Waals surface area contributed by atoms with E-state index in [4.69, 9.17) is 9.68 Å².